The highest BCUT2D eigenvalue weighted by Gasteiger charge is 2.39. The first-order valence-electron chi connectivity index (χ1n) is 6.74. The Morgan fingerprint density at radius 1 is 1.21 bits per heavy atom. The predicted molar refractivity (Wildman–Crippen MR) is 75.4 cm³/mol. The number of rotatable bonds is 2. The molecule has 0 aromatic heterocycles. The Hall–Kier alpha value is -0.810. The Balaban J connectivity index is 1.74. The van der Waals surface area contributed by atoms with Crippen molar-refractivity contribution in [2.45, 2.75) is 25.2 Å². The molecule has 1 aromatic rings. The first kappa shape index (κ1) is 13.2. The predicted octanol–water partition coefficient (Wildman–Crippen LogP) is 2.14. The van der Waals surface area contributed by atoms with Crippen LogP contribution in [0.5, 0.6) is 0 Å². The molecule has 2 N–H and O–H groups in total. The summed E-state index contributed by atoms with van der Waals surface area (Å²) in [6.07, 6.45) is 1.80. The molecule has 0 aliphatic carbocycles. The second-order valence-electron chi connectivity index (χ2n) is 5.07. The smallest absolute Gasteiger partial charge is 0.171 e. The molecule has 1 spiro atoms. The van der Waals surface area contributed by atoms with Crippen molar-refractivity contribution < 1.29 is 9.47 Å². The van der Waals surface area contributed by atoms with E-state index in [0.29, 0.717) is 6.54 Å². The summed E-state index contributed by atoms with van der Waals surface area (Å²) in [6, 6.07) is 5.92. The fraction of sp³-hybridized carbons (Fsp3) is 0.571. The number of hydrogen-bond acceptors (Lipinski definition) is 4. The number of hydrogen-bond donors (Lipinski definition) is 1. The summed E-state index contributed by atoms with van der Waals surface area (Å²) >= 11 is 6.02. The van der Waals surface area contributed by atoms with Crippen LogP contribution in [0, 0.1) is 0 Å². The van der Waals surface area contributed by atoms with Crippen molar-refractivity contribution in [2.24, 2.45) is 5.73 Å². The van der Waals surface area contributed by atoms with E-state index in [9.17, 15) is 0 Å². The van der Waals surface area contributed by atoms with Crippen molar-refractivity contribution in [2.75, 3.05) is 31.2 Å². The average Bonchev–Trinajstić information content (AvgIpc) is 2.88. The molecule has 0 unspecified atom stereocenters. The van der Waals surface area contributed by atoms with Crippen LogP contribution in [0.2, 0.25) is 5.02 Å². The van der Waals surface area contributed by atoms with Gasteiger partial charge in [-0.25, -0.2) is 0 Å². The number of anilines is 1. The van der Waals surface area contributed by atoms with Crippen LogP contribution in [0.4, 0.5) is 5.69 Å². The lowest BCUT2D eigenvalue weighted by Gasteiger charge is -2.39. The van der Waals surface area contributed by atoms with Crippen molar-refractivity contribution in [3.05, 3.63) is 28.8 Å². The Morgan fingerprint density at radius 2 is 1.89 bits per heavy atom. The number of ether oxygens (including phenoxy) is 2. The number of nitrogens with two attached hydrogens (primary N) is 1. The number of nitrogens with zero attached hydrogens (tertiary/aromatic N) is 1. The molecule has 0 atom stereocenters. The molecule has 104 valence electrons. The van der Waals surface area contributed by atoms with Crippen molar-refractivity contribution in [1.29, 1.82) is 0 Å². The molecule has 2 fully saturated rings. The molecule has 5 heteroatoms. The van der Waals surface area contributed by atoms with E-state index in [1.165, 1.54) is 5.69 Å². The molecule has 0 amide bonds. The van der Waals surface area contributed by atoms with E-state index in [0.717, 1.165) is 49.7 Å². The van der Waals surface area contributed by atoms with E-state index in [1.54, 1.807) is 0 Å². The topological polar surface area (TPSA) is 47.7 Å². The van der Waals surface area contributed by atoms with Crippen LogP contribution in [0.3, 0.4) is 0 Å². The SMILES string of the molecule is NCc1cc(Cl)ccc1N1CCC2(CC1)OCCO2. The molecule has 3 rings (SSSR count). The van der Waals surface area contributed by atoms with Crippen LogP contribution in [-0.2, 0) is 16.0 Å². The molecular weight excluding hydrogens is 264 g/mol. The third kappa shape index (κ3) is 2.58. The standard InChI is InChI=1S/C14H19ClN2O2/c15-12-1-2-13(11(9-12)10-16)17-5-3-14(4-6-17)18-7-8-19-14/h1-2,9H,3-8,10,16H2. The van der Waals surface area contributed by atoms with Crippen molar-refractivity contribution in [3.63, 3.8) is 0 Å². The van der Waals surface area contributed by atoms with Gasteiger partial charge in [-0.3, -0.25) is 0 Å². The lowest BCUT2D eigenvalue weighted by atomic mass is 10.0. The minimum absolute atomic E-state index is 0.328. The summed E-state index contributed by atoms with van der Waals surface area (Å²) in [4.78, 5) is 2.34. The average molecular weight is 283 g/mol. The summed E-state index contributed by atoms with van der Waals surface area (Å²) < 4.78 is 11.5. The first-order chi connectivity index (χ1) is 9.22. The molecule has 2 heterocycles. The molecule has 2 saturated heterocycles. The van der Waals surface area contributed by atoms with Gasteiger partial charge in [0.25, 0.3) is 0 Å². The minimum Gasteiger partial charge on any atom is -0.371 e. The van der Waals surface area contributed by atoms with Gasteiger partial charge < -0.3 is 20.1 Å². The molecule has 4 nitrogen and oxygen atoms in total. The normalized spacial score (nSPS) is 22.1. The van der Waals surface area contributed by atoms with E-state index < -0.39 is 0 Å². The fourth-order valence-corrected chi connectivity index (χ4v) is 3.09. The Bertz CT molecular complexity index is 451. The highest BCUT2D eigenvalue weighted by atomic mass is 35.5. The van der Waals surface area contributed by atoms with Gasteiger partial charge in [0, 0.05) is 43.2 Å². The Kier molecular flexibility index (Phi) is 3.67. The maximum atomic E-state index is 6.02. The largest absolute Gasteiger partial charge is 0.371 e. The van der Waals surface area contributed by atoms with Gasteiger partial charge in [-0.2, -0.15) is 0 Å². The van der Waals surface area contributed by atoms with Gasteiger partial charge in [0.15, 0.2) is 5.79 Å². The van der Waals surface area contributed by atoms with E-state index in [1.807, 2.05) is 12.1 Å². The maximum absolute atomic E-state index is 6.02. The summed E-state index contributed by atoms with van der Waals surface area (Å²) in [5.74, 6) is -0.328. The Morgan fingerprint density at radius 3 is 2.53 bits per heavy atom. The van der Waals surface area contributed by atoms with Gasteiger partial charge in [0.1, 0.15) is 0 Å². The van der Waals surface area contributed by atoms with Crippen molar-refractivity contribution >= 4 is 17.3 Å². The van der Waals surface area contributed by atoms with E-state index >= 15 is 0 Å². The molecule has 1 aromatic carbocycles. The van der Waals surface area contributed by atoms with Crippen molar-refractivity contribution in [1.82, 2.24) is 0 Å². The third-order valence-electron chi connectivity index (χ3n) is 3.94. The maximum Gasteiger partial charge on any atom is 0.171 e. The zero-order valence-corrected chi connectivity index (χ0v) is 11.7. The number of piperidine rings is 1. The molecule has 0 saturated carbocycles. The van der Waals surface area contributed by atoms with E-state index in [4.69, 9.17) is 26.8 Å². The lowest BCUT2D eigenvalue weighted by Crippen LogP contribution is -2.45. The molecule has 19 heavy (non-hydrogen) atoms. The first-order valence-corrected chi connectivity index (χ1v) is 7.12. The minimum atomic E-state index is -0.328. The molecule has 2 aliphatic rings. The fourth-order valence-electron chi connectivity index (χ4n) is 2.90. The second kappa shape index (κ2) is 5.29. The van der Waals surface area contributed by atoms with Gasteiger partial charge in [-0.05, 0) is 23.8 Å². The monoisotopic (exact) mass is 282 g/mol. The molecule has 2 aliphatic heterocycles. The summed E-state index contributed by atoms with van der Waals surface area (Å²) in [7, 11) is 0. The lowest BCUT2D eigenvalue weighted by molar-refractivity contribution is -0.169. The van der Waals surface area contributed by atoms with Crippen LogP contribution >= 0.6 is 11.6 Å². The van der Waals surface area contributed by atoms with Gasteiger partial charge >= 0.3 is 0 Å². The Labute approximate surface area is 118 Å². The van der Waals surface area contributed by atoms with Gasteiger partial charge in [-0.1, -0.05) is 11.6 Å². The highest BCUT2D eigenvalue weighted by Crippen LogP contribution is 2.34. The summed E-state index contributed by atoms with van der Waals surface area (Å²) in [5, 5.41) is 0.736. The van der Waals surface area contributed by atoms with Crippen LogP contribution in [0.15, 0.2) is 18.2 Å². The summed E-state index contributed by atoms with van der Waals surface area (Å²) in [6.45, 7) is 3.79. The van der Waals surface area contributed by atoms with Gasteiger partial charge in [0.05, 0.1) is 13.2 Å². The highest BCUT2D eigenvalue weighted by molar-refractivity contribution is 6.30. The zero-order chi connectivity index (χ0) is 13.3. The number of halogens is 1. The van der Waals surface area contributed by atoms with Crippen molar-refractivity contribution in [3.8, 4) is 0 Å². The quantitative estimate of drug-likeness (QED) is 0.903. The zero-order valence-electron chi connectivity index (χ0n) is 10.9. The van der Waals surface area contributed by atoms with Crippen LogP contribution < -0.4 is 10.6 Å². The van der Waals surface area contributed by atoms with Gasteiger partial charge in [0.2, 0.25) is 0 Å². The number of benzene rings is 1. The molecular formula is C14H19ClN2O2. The van der Waals surface area contributed by atoms with Crippen LogP contribution in [-0.4, -0.2) is 32.1 Å². The molecule has 0 radical (unpaired) electrons. The summed E-state index contributed by atoms with van der Waals surface area (Å²) in [5.41, 5.74) is 8.08. The molecule has 0 bridgehead atoms. The van der Waals surface area contributed by atoms with Crippen LogP contribution in [0.25, 0.3) is 0 Å². The second-order valence-corrected chi connectivity index (χ2v) is 5.51. The van der Waals surface area contributed by atoms with E-state index in [-0.39, 0.29) is 5.79 Å². The van der Waals surface area contributed by atoms with Crippen LogP contribution in [0.1, 0.15) is 18.4 Å². The van der Waals surface area contributed by atoms with E-state index in [2.05, 4.69) is 11.0 Å². The third-order valence-corrected chi connectivity index (χ3v) is 4.18. The van der Waals surface area contributed by atoms with Gasteiger partial charge in [-0.15, -0.1) is 0 Å².